The first kappa shape index (κ1) is 20.1. The van der Waals surface area contributed by atoms with E-state index in [4.69, 9.17) is 4.52 Å². The highest BCUT2D eigenvalue weighted by Crippen LogP contribution is 2.22. The molecule has 2 N–H and O–H groups in total. The van der Waals surface area contributed by atoms with Gasteiger partial charge in [-0.25, -0.2) is 9.78 Å². The van der Waals surface area contributed by atoms with Gasteiger partial charge in [-0.1, -0.05) is 29.1 Å². The first-order chi connectivity index (χ1) is 15.0. The zero-order chi connectivity index (χ0) is 21.8. The highest BCUT2D eigenvalue weighted by Gasteiger charge is 2.12. The molecule has 2 aromatic heterocycles. The fourth-order valence-electron chi connectivity index (χ4n) is 3.16. The van der Waals surface area contributed by atoms with Gasteiger partial charge in [0.25, 0.3) is 0 Å². The molecule has 0 fully saturated rings. The fraction of sp³-hybridized carbons (Fsp3) is 0.125. The number of aliphatic hydroxyl groups is 1. The molecule has 2 aromatic carbocycles. The van der Waals surface area contributed by atoms with Crippen LogP contribution in [0.3, 0.4) is 0 Å². The molecule has 1 atom stereocenters. The molecule has 0 radical (unpaired) electrons. The molecule has 0 amide bonds. The van der Waals surface area contributed by atoms with E-state index in [9.17, 15) is 15.0 Å². The number of carbonyl (C=O) groups is 1. The molecular formula is C24H19N3O4. The molecule has 0 bridgehead atoms. The molecule has 0 saturated heterocycles. The summed E-state index contributed by atoms with van der Waals surface area (Å²) in [5, 5.41) is 23.1. The minimum atomic E-state index is -1.00. The van der Waals surface area contributed by atoms with E-state index in [0.29, 0.717) is 29.4 Å². The summed E-state index contributed by atoms with van der Waals surface area (Å²) in [4.78, 5) is 15.4. The molecule has 2 heterocycles. The molecule has 0 saturated carbocycles. The number of hydrogen-bond donors (Lipinski definition) is 2. The van der Waals surface area contributed by atoms with Crippen LogP contribution in [0.25, 0.3) is 11.3 Å². The highest BCUT2D eigenvalue weighted by atomic mass is 16.5. The van der Waals surface area contributed by atoms with Crippen molar-refractivity contribution in [2.45, 2.75) is 19.6 Å². The number of aromatic carboxylic acids is 1. The second-order valence-electron chi connectivity index (χ2n) is 6.95. The smallest absolute Gasteiger partial charge is 0.336 e. The van der Waals surface area contributed by atoms with Crippen molar-refractivity contribution >= 4 is 5.97 Å². The minimum Gasteiger partial charge on any atom is -0.478 e. The molecule has 0 aliphatic heterocycles. The quantitative estimate of drug-likeness (QED) is 0.484. The maximum Gasteiger partial charge on any atom is 0.336 e. The van der Waals surface area contributed by atoms with Crippen LogP contribution < -0.4 is 0 Å². The van der Waals surface area contributed by atoms with Crippen molar-refractivity contribution < 1.29 is 19.5 Å². The van der Waals surface area contributed by atoms with Crippen LogP contribution in [0.2, 0.25) is 0 Å². The molecule has 0 spiro atoms. The van der Waals surface area contributed by atoms with Gasteiger partial charge in [0, 0.05) is 35.2 Å². The summed E-state index contributed by atoms with van der Waals surface area (Å²) in [5.74, 6) is 6.09. The molecule has 7 heteroatoms. The van der Waals surface area contributed by atoms with Gasteiger partial charge in [0.15, 0.2) is 5.76 Å². The Morgan fingerprint density at radius 1 is 1.16 bits per heavy atom. The Morgan fingerprint density at radius 2 is 1.94 bits per heavy atom. The van der Waals surface area contributed by atoms with Crippen LogP contribution >= 0.6 is 0 Å². The van der Waals surface area contributed by atoms with E-state index in [-0.39, 0.29) is 5.56 Å². The normalized spacial score (nSPS) is 11.5. The zero-order valence-electron chi connectivity index (χ0n) is 16.7. The summed E-state index contributed by atoms with van der Waals surface area (Å²) < 4.78 is 7.28. The van der Waals surface area contributed by atoms with Gasteiger partial charge in [-0.2, -0.15) is 0 Å². The van der Waals surface area contributed by atoms with Crippen molar-refractivity contribution in [3.05, 3.63) is 95.2 Å². The van der Waals surface area contributed by atoms with E-state index >= 15 is 0 Å². The summed E-state index contributed by atoms with van der Waals surface area (Å²) in [5.41, 5.74) is 2.96. The predicted octanol–water partition coefficient (Wildman–Crippen LogP) is 3.74. The number of carboxylic acid groups (broad SMARTS) is 1. The van der Waals surface area contributed by atoms with Crippen molar-refractivity contribution in [1.82, 2.24) is 14.7 Å². The summed E-state index contributed by atoms with van der Waals surface area (Å²) in [7, 11) is 0. The van der Waals surface area contributed by atoms with Crippen LogP contribution in [-0.2, 0) is 6.54 Å². The van der Waals surface area contributed by atoms with Crippen LogP contribution in [0.1, 0.15) is 46.0 Å². The Labute approximate surface area is 178 Å². The van der Waals surface area contributed by atoms with E-state index in [0.717, 1.165) is 11.1 Å². The van der Waals surface area contributed by atoms with Gasteiger partial charge in [0.2, 0.25) is 0 Å². The van der Waals surface area contributed by atoms with Crippen molar-refractivity contribution in [1.29, 1.82) is 0 Å². The number of rotatable bonds is 5. The molecule has 154 valence electrons. The third-order valence-electron chi connectivity index (χ3n) is 4.68. The van der Waals surface area contributed by atoms with Gasteiger partial charge in [-0.3, -0.25) is 0 Å². The molecule has 4 rings (SSSR count). The van der Waals surface area contributed by atoms with Crippen LogP contribution in [0.15, 0.2) is 71.5 Å². The molecule has 0 aliphatic carbocycles. The fourth-order valence-corrected chi connectivity index (χ4v) is 3.16. The largest absolute Gasteiger partial charge is 0.478 e. The van der Waals surface area contributed by atoms with Crippen LogP contribution in [-0.4, -0.2) is 30.9 Å². The number of benzene rings is 2. The van der Waals surface area contributed by atoms with Crippen LogP contribution in [0, 0.1) is 11.8 Å². The monoisotopic (exact) mass is 413 g/mol. The van der Waals surface area contributed by atoms with Crippen molar-refractivity contribution in [3.63, 3.8) is 0 Å². The number of aliphatic hydroxyl groups excluding tert-OH is 1. The maximum absolute atomic E-state index is 11.3. The van der Waals surface area contributed by atoms with Crippen molar-refractivity contribution in [3.8, 4) is 23.2 Å². The molecule has 4 aromatic rings. The third-order valence-corrected chi connectivity index (χ3v) is 4.68. The van der Waals surface area contributed by atoms with Crippen LogP contribution in [0.4, 0.5) is 0 Å². The third kappa shape index (κ3) is 4.55. The van der Waals surface area contributed by atoms with Gasteiger partial charge in [0.05, 0.1) is 12.1 Å². The topological polar surface area (TPSA) is 101 Å². The molecule has 7 nitrogen and oxygen atoms in total. The van der Waals surface area contributed by atoms with Gasteiger partial charge in [-0.15, -0.1) is 0 Å². The Morgan fingerprint density at radius 3 is 2.68 bits per heavy atom. The number of imidazole rings is 1. The Kier molecular flexibility index (Phi) is 5.65. The minimum absolute atomic E-state index is 0.178. The van der Waals surface area contributed by atoms with E-state index in [1.54, 1.807) is 37.5 Å². The summed E-state index contributed by atoms with van der Waals surface area (Å²) in [6.07, 6.45) is 2.75. The average Bonchev–Trinajstić information content (AvgIpc) is 3.43. The molecule has 0 aliphatic rings. The Bertz CT molecular complexity index is 1270. The maximum atomic E-state index is 11.3. The summed E-state index contributed by atoms with van der Waals surface area (Å²) in [6.45, 7) is 2.11. The first-order valence-electron chi connectivity index (χ1n) is 9.61. The second kappa shape index (κ2) is 8.69. The number of carboxylic acids is 1. The van der Waals surface area contributed by atoms with Gasteiger partial charge in [-0.05, 0) is 43.3 Å². The summed E-state index contributed by atoms with van der Waals surface area (Å²) in [6, 6.07) is 15.9. The van der Waals surface area contributed by atoms with Gasteiger partial charge in [0.1, 0.15) is 17.6 Å². The average molecular weight is 413 g/mol. The molecule has 1 unspecified atom stereocenters. The number of hydrogen-bond acceptors (Lipinski definition) is 5. The lowest BCUT2D eigenvalue weighted by Gasteiger charge is -2.07. The zero-order valence-corrected chi connectivity index (χ0v) is 16.7. The van der Waals surface area contributed by atoms with E-state index < -0.39 is 12.1 Å². The standard InChI is InChI=1S/C24H19N3O4/c1-16(28)23-25-12-13-27(23)15-20-14-22(31-26-20)19-10-7-17(8-11-19)6-9-18-4-2-3-5-21(18)24(29)30/h2-5,7-8,10-14,16,28H,15H2,1H3,(H,29,30). The second-order valence-corrected chi connectivity index (χ2v) is 6.95. The van der Waals surface area contributed by atoms with Crippen LogP contribution in [0.5, 0.6) is 0 Å². The highest BCUT2D eigenvalue weighted by molar-refractivity contribution is 5.90. The predicted molar refractivity (Wildman–Crippen MR) is 113 cm³/mol. The van der Waals surface area contributed by atoms with E-state index in [1.165, 1.54) is 6.07 Å². The van der Waals surface area contributed by atoms with Gasteiger partial charge < -0.3 is 19.3 Å². The Hall–Kier alpha value is -4.15. The lowest BCUT2D eigenvalue weighted by molar-refractivity contribution is 0.0696. The van der Waals surface area contributed by atoms with Gasteiger partial charge >= 0.3 is 5.97 Å². The number of aromatic nitrogens is 3. The molecule has 31 heavy (non-hydrogen) atoms. The van der Waals surface area contributed by atoms with E-state index in [2.05, 4.69) is 22.0 Å². The van der Waals surface area contributed by atoms with Crippen molar-refractivity contribution in [2.75, 3.05) is 0 Å². The Balaban J connectivity index is 1.50. The lowest BCUT2D eigenvalue weighted by atomic mass is 10.1. The summed E-state index contributed by atoms with van der Waals surface area (Å²) >= 11 is 0. The lowest BCUT2D eigenvalue weighted by Crippen LogP contribution is -2.07. The van der Waals surface area contributed by atoms with E-state index in [1.807, 2.05) is 34.9 Å². The molecular weight excluding hydrogens is 394 g/mol. The SMILES string of the molecule is CC(O)c1nccn1Cc1cc(-c2ccc(C#Cc3ccccc3C(=O)O)cc2)on1. The number of nitrogens with zero attached hydrogens (tertiary/aromatic N) is 3. The van der Waals surface area contributed by atoms with Crippen molar-refractivity contribution in [2.24, 2.45) is 0 Å². The first-order valence-corrected chi connectivity index (χ1v) is 9.61.